The zero-order valence-corrected chi connectivity index (χ0v) is 17.0. The lowest BCUT2D eigenvalue weighted by atomic mass is 9.83. The molecule has 0 aliphatic carbocycles. The van der Waals surface area contributed by atoms with E-state index in [1.807, 2.05) is 13.8 Å². The van der Waals surface area contributed by atoms with Crippen molar-refractivity contribution in [3.63, 3.8) is 0 Å². The van der Waals surface area contributed by atoms with Gasteiger partial charge < -0.3 is 44.7 Å². The first-order valence-corrected chi connectivity index (χ1v) is 9.70. The maximum absolute atomic E-state index is 9.99. The highest BCUT2D eigenvalue weighted by molar-refractivity contribution is 7.53. The van der Waals surface area contributed by atoms with E-state index >= 15 is 0 Å². The monoisotopic (exact) mass is 410 g/mol. The lowest BCUT2D eigenvalue weighted by molar-refractivity contribution is -0.257. The van der Waals surface area contributed by atoms with Crippen LogP contribution in [-0.4, -0.2) is 71.7 Å². The number of ether oxygens (including phenoxy) is 1. The largest absolute Gasteiger partial charge is 0.395 e. The Balaban J connectivity index is 0. The lowest BCUT2D eigenvalue weighted by Crippen LogP contribution is -2.50. The summed E-state index contributed by atoms with van der Waals surface area (Å²) >= 11 is 0. The van der Waals surface area contributed by atoms with Crippen LogP contribution >= 0.6 is 17.2 Å². The van der Waals surface area contributed by atoms with Crippen LogP contribution < -0.4 is 0 Å². The molecule has 8 N–H and O–H groups in total. The van der Waals surface area contributed by atoms with E-state index in [-0.39, 0.29) is 5.41 Å². The molecule has 154 valence electrons. The third kappa shape index (κ3) is 13.3. The smallest absolute Gasteiger partial charge is 0.334 e. The van der Waals surface area contributed by atoms with Gasteiger partial charge in [0.1, 0.15) is 0 Å². The summed E-state index contributed by atoms with van der Waals surface area (Å²) in [6, 6.07) is 0. The highest BCUT2D eigenvalue weighted by atomic mass is 31.2. The fourth-order valence-corrected chi connectivity index (χ4v) is 2.72. The number of aliphatic hydroxyl groups excluding tert-OH is 4. The van der Waals surface area contributed by atoms with Crippen molar-refractivity contribution in [3.05, 3.63) is 0 Å². The van der Waals surface area contributed by atoms with Crippen molar-refractivity contribution < 1.29 is 49.0 Å². The quantitative estimate of drug-likeness (QED) is 0.189. The molecule has 0 aromatic carbocycles. The standard InChI is InChI=1S/C13H28O5.H4O5P2/c1-11(2,3)6-12(4,5)18-10(17)13(7-14,8-15)9-16;1-6(2)5-7(3)4/h10,14-17H,6-9H2,1-5H3;1-4H. The molecule has 0 spiro atoms. The molecule has 0 heterocycles. The van der Waals surface area contributed by atoms with Crippen molar-refractivity contribution in [3.8, 4) is 0 Å². The van der Waals surface area contributed by atoms with Crippen LogP contribution in [0.15, 0.2) is 0 Å². The van der Waals surface area contributed by atoms with Crippen molar-refractivity contribution in [1.82, 2.24) is 0 Å². The van der Waals surface area contributed by atoms with Gasteiger partial charge in [0.2, 0.25) is 0 Å². The van der Waals surface area contributed by atoms with Crippen LogP contribution in [0.5, 0.6) is 0 Å². The van der Waals surface area contributed by atoms with Gasteiger partial charge in [0.25, 0.3) is 0 Å². The Morgan fingerprint density at radius 1 is 0.800 bits per heavy atom. The van der Waals surface area contributed by atoms with Gasteiger partial charge in [0.05, 0.1) is 30.8 Å². The van der Waals surface area contributed by atoms with Crippen LogP contribution in [0.4, 0.5) is 0 Å². The zero-order valence-electron chi connectivity index (χ0n) is 15.2. The van der Waals surface area contributed by atoms with E-state index < -0.39 is 54.3 Å². The molecular weight excluding hydrogens is 378 g/mol. The molecule has 1 atom stereocenters. The minimum absolute atomic E-state index is 0.0174. The number of rotatable bonds is 9. The van der Waals surface area contributed by atoms with Crippen molar-refractivity contribution in [1.29, 1.82) is 0 Å². The minimum atomic E-state index is -2.61. The van der Waals surface area contributed by atoms with Crippen LogP contribution in [0, 0.1) is 10.8 Å². The Kier molecular flexibility index (Phi) is 13.3. The van der Waals surface area contributed by atoms with Crippen LogP contribution in [-0.2, 0) is 9.05 Å². The van der Waals surface area contributed by atoms with Crippen molar-refractivity contribution in [2.75, 3.05) is 19.8 Å². The summed E-state index contributed by atoms with van der Waals surface area (Å²) in [4.78, 5) is 31.3. The Hall–Kier alpha value is 0.460. The molecule has 0 aromatic rings. The van der Waals surface area contributed by atoms with Gasteiger partial charge >= 0.3 is 17.2 Å². The van der Waals surface area contributed by atoms with E-state index in [0.717, 1.165) is 0 Å². The predicted octanol–water partition coefficient (Wildman–Crippen LogP) is -0.0745. The van der Waals surface area contributed by atoms with Crippen LogP contribution in [0.1, 0.15) is 41.0 Å². The second-order valence-electron chi connectivity index (χ2n) is 7.39. The predicted molar refractivity (Wildman–Crippen MR) is 92.7 cm³/mol. The molecule has 0 rings (SSSR count). The summed E-state index contributed by atoms with van der Waals surface area (Å²) in [5.74, 6) is 0. The van der Waals surface area contributed by atoms with Gasteiger partial charge in [-0.15, -0.1) is 0 Å². The molecule has 0 aromatic heterocycles. The van der Waals surface area contributed by atoms with E-state index in [1.54, 1.807) is 0 Å². The molecule has 0 amide bonds. The fourth-order valence-electron chi connectivity index (χ4n) is 2.20. The summed E-state index contributed by atoms with van der Waals surface area (Å²) in [6.07, 6.45) is -0.732. The summed E-state index contributed by atoms with van der Waals surface area (Å²) in [7, 11) is -5.22. The number of hydrogen-bond donors (Lipinski definition) is 8. The van der Waals surface area contributed by atoms with Gasteiger partial charge in [-0.25, -0.2) is 4.31 Å². The second kappa shape index (κ2) is 12.0. The molecule has 0 aliphatic heterocycles. The topological polar surface area (TPSA) is 180 Å². The van der Waals surface area contributed by atoms with Crippen LogP contribution in [0.3, 0.4) is 0 Å². The SMILES string of the molecule is CC(C)(C)CC(C)(C)OC(O)C(CO)(CO)CO.OP(O)OP(O)O. The lowest BCUT2D eigenvalue weighted by Gasteiger charge is -2.40. The summed E-state index contributed by atoms with van der Waals surface area (Å²) in [5, 5.41) is 37.6. The van der Waals surface area contributed by atoms with Gasteiger partial charge in [-0.1, -0.05) is 20.8 Å². The highest BCUT2D eigenvalue weighted by Gasteiger charge is 2.41. The number of hydrogen-bond acceptors (Lipinski definition) is 10. The molecule has 1 unspecified atom stereocenters. The van der Waals surface area contributed by atoms with E-state index in [4.69, 9.17) is 24.3 Å². The third-order valence-electron chi connectivity index (χ3n) is 3.00. The van der Waals surface area contributed by atoms with E-state index in [0.29, 0.717) is 6.42 Å². The Bertz CT molecular complexity index is 328. The first kappa shape index (κ1) is 27.7. The maximum Gasteiger partial charge on any atom is 0.334 e. The Labute approximate surface area is 150 Å². The van der Waals surface area contributed by atoms with Crippen LogP contribution in [0.25, 0.3) is 0 Å². The first-order chi connectivity index (χ1) is 11.1. The molecule has 10 nitrogen and oxygen atoms in total. The molecule has 0 bridgehead atoms. The molecule has 0 saturated carbocycles. The summed E-state index contributed by atoms with van der Waals surface area (Å²) < 4.78 is 9.13. The van der Waals surface area contributed by atoms with Crippen molar-refractivity contribution in [2.24, 2.45) is 10.8 Å². The fraction of sp³-hybridized carbons (Fsp3) is 1.00. The van der Waals surface area contributed by atoms with Gasteiger partial charge in [-0.05, 0) is 25.7 Å². The van der Waals surface area contributed by atoms with Gasteiger partial charge in [0.15, 0.2) is 6.29 Å². The molecule has 0 fully saturated rings. The molecule has 0 saturated heterocycles. The second-order valence-corrected chi connectivity index (χ2v) is 9.06. The Morgan fingerprint density at radius 3 is 1.36 bits per heavy atom. The zero-order chi connectivity index (χ0) is 20.5. The molecular formula is C13H32O10P2. The van der Waals surface area contributed by atoms with Gasteiger partial charge in [0, 0.05) is 0 Å². The molecule has 0 radical (unpaired) electrons. The minimum Gasteiger partial charge on any atom is -0.395 e. The van der Waals surface area contributed by atoms with Gasteiger partial charge in [-0.2, -0.15) is 0 Å². The normalized spacial score (nSPS) is 14.5. The third-order valence-corrected chi connectivity index (χ3v) is 4.17. The summed E-state index contributed by atoms with van der Waals surface area (Å²) in [6.45, 7) is 8.19. The highest BCUT2D eigenvalue weighted by Crippen LogP contribution is 2.41. The molecule has 0 aliphatic rings. The Morgan fingerprint density at radius 2 is 1.16 bits per heavy atom. The van der Waals surface area contributed by atoms with E-state index in [1.165, 1.54) is 0 Å². The van der Waals surface area contributed by atoms with E-state index in [9.17, 15) is 20.4 Å². The van der Waals surface area contributed by atoms with Crippen molar-refractivity contribution >= 4 is 17.2 Å². The molecule has 25 heavy (non-hydrogen) atoms. The van der Waals surface area contributed by atoms with Gasteiger partial charge in [-0.3, -0.25) is 0 Å². The molecule has 12 heteroatoms. The summed E-state index contributed by atoms with van der Waals surface area (Å²) in [5.41, 5.74) is -2.04. The van der Waals surface area contributed by atoms with E-state index in [2.05, 4.69) is 25.1 Å². The first-order valence-electron chi connectivity index (χ1n) is 7.37. The van der Waals surface area contributed by atoms with Crippen molar-refractivity contribution in [2.45, 2.75) is 52.9 Å². The van der Waals surface area contributed by atoms with Crippen LogP contribution in [0.2, 0.25) is 0 Å². The average Bonchev–Trinajstić information content (AvgIpc) is 2.36. The maximum atomic E-state index is 9.99. The average molecular weight is 410 g/mol. The number of aliphatic hydroxyl groups is 4.